The zero-order valence-electron chi connectivity index (χ0n) is 12.6. The van der Waals surface area contributed by atoms with Crippen molar-refractivity contribution in [1.82, 2.24) is 15.1 Å². The summed E-state index contributed by atoms with van der Waals surface area (Å²) in [6.45, 7) is 4.43. The van der Waals surface area contributed by atoms with Gasteiger partial charge in [-0.3, -0.25) is 0 Å². The minimum atomic E-state index is -0.260. The number of benzene rings is 1. The van der Waals surface area contributed by atoms with Gasteiger partial charge in [0.15, 0.2) is 0 Å². The van der Waals surface area contributed by atoms with Gasteiger partial charge < -0.3 is 10.1 Å². The number of rotatable bonds is 5. The first kappa shape index (κ1) is 14.1. The predicted octanol–water partition coefficient (Wildman–Crippen LogP) is 3.22. The zero-order chi connectivity index (χ0) is 15.0. The fraction of sp³-hybridized carbons (Fsp3) is 0.438. The number of nitrogens with one attached hydrogen (secondary N) is 1. The third-order valence-corrected chi connectivity index (χ3v) is 3.79. The Morgan fingerprint density at radius 3 is 2.81 bits per heavy atom. The number of aryl methyl sites for hydroxylation is 3. The van der Waals surface area contributed by atoms with Crippen LogP contribution in [0.4, 0.5) is 4.39 Å². The van der Waals surface area contributed by atoms with Crippen molar-refractivity contribution in [3.8, 4) is 11.6 Å². The van der Waals surface area contributed by atoms with Crippen LogP contribution >= 0.6 is 0 Å². The molecule has 5 heteroatoms. The summed E-state index contributed by atoms with van der Waals surface area (Å²) in [4.78, 5) is 0. The Kier molecular flexibility index (Phi) is 3.68. The highest BCUT2D eigenvalue weighted by atomic mass is 19.1. The minimum absolute atomic E-state index is 0.260. The average Bonchev–Trinajstić information content (AvgIpc) is 3.21. The number of aromatic nitrogens is 2. The van der Waals surface area contributed by atoms with E-state index in [0.29, 0.717) is 23.2 Å². The molecule has 3 rings (SSSR count). The lowest BCUT2D eigenvalue weighted by atomic mass is 10.2. The van der Waals surface area contributed by atoms with Crippen LogP contribution in [0.5, 0.6) is 11.6 Å². The first-order valence-electron chi connectivity index (χ1n) is 7.24. The van der Waals surface area contributed by atoms with Crippen LogP contribution in [0.1, 0.15) is 29.7 Å². The molecule has 1 aromatic heterocycles. The van der Waals surface area contributed by atoms with Crippen molar-refractivity contribution in [2.24, 2.45) is 7.05 Å². The Labute approximate surface area is 123 Å². The maximum Gasteiger partial charge on any atom is 0.222 e. The van der Waals surface area contributed by atoms with Crippen LogP contribution in [0.15, 0.2) is 18.2 Å². The van der Waals surface area contributed by atoms with Crippen LogP contribution in [0.3, 0.4) is 0 Å². The Hall–Kier alpha value is -1.88. The molecule has 1 aromatic carbocycles. The summed E-state index contributed by atoms with van der Waals surface area (Å²) in [5.41, 5.74) is 2.58. The fourth-order valence-corrected chi connectivity index (χ4v) is 2.29. The van der Waals surface area contributed by atoms with E-state index in [4.69, 9.17) is 4.74 Å². The number of ether oxygens (including phenoxy) is 1. The quantitative estimate of drug-likeness (QED) is 0.918. The van der Waals surface area contributed by atoms with Gasteiger partial charge in [-0.25, -0.2) is 9.07 Å². The van der Waals surface area contributed by atoms with E-state index in [1.807, 2.05) is 14.0 Å². The molecular formula is C16H20FN3O. The summed E-state index contributed by atoms with van der Waals surface area (Å²) in [5, 5.41) is 7.87. The topological polar surface area (TPSA) is 39.1 Å². The third kappa shape index (κ3) is 3.08. The van der Waals surface area contributed by atoms with Crippen LogP contribution in [0, 0.1) is 19.7 Å². The smallest absolute Gasteiger partial charge is 0.222 e. The van der Waals surface area contributed by atoms with Gasteiger partial charge in [0.25, 0.3) is 0 Å². The molecule has 1 aliphatic rings. The molecule has 0 atom stereocenters. The molecule has 4 nitrogen and oxygen atoms in total. The summed E-state index contributed by atoms with van der Waals surface area (Å²) >= 11 is 0. The molecule has 1 fully saturated rings. The Balaban J connectivity index is 1.84. The van der Waals surface area contributed by atoms with Crippen LogP contribution < -0.4 is 10.1 Å². The highest BCUT2D eigenvalue weighted by molar-refractivity contribution is 5.37. The SMILES string of the molecule is Cc1ccc(Oc2c(CNC3CC3)c(C)nn2C)cc1F. The van der Waals surface area contributed by atoms with Crippen molar-refractivity contribution in [3.05, 3.63) is 40.8 Å². The van der Waals surface area contributed by atoms with E-state index in [1.165, 1.54) is 18.9 Å². The van der Waals surface area contributed by atoms with Gasteiger partial charge in [0.05, 0.1) is 11.3 Å². The number of nitrogens with zero attached hydrogens (tertiary/aromatic N) is 2. The van der Waals surface area contributed by atoms with E-state index in [9.17, 15) is 4.39 Å². The molecule has 1 heterocycles. The maximum atomic E-state index is 13.6. The Bertz CT molecular complexity index is 662. The van der Waals surface area contributed by atoms with Gasteiger partial charge in [-0.2, -0.15) is 5.10 Å². The first-order valence-corrected chi connectivity index (χ1v) is 7.24. The first-order chi connectivity index (χ1) is 10.0. The summed E-state index contributed by atoms with van der Waals surface area (Å²) in [6.07, 6.45) is 2.47. The monoisotopic (exact) mass is 289 g/mol. The normalized spacial score (nSPS) is 14.5. The molecule has 0 spiro atoms. The molecule has 21 heavy (non-hydrogen) atoms. The number of halogens is 1. The standard InChI is InChI=1S/C16H20FN3O/c1-10-4-7-13(8-15(10)17)21-16-14(9-18-12-5-6-12)11(2)19-20(16)3/h4,7-8,12,18H,5-6,9H2,1-3H3. The summed E-state index contributed by atoms with van der Waals surface area (Å²) in [5.74, 6) is 0.904. The summed E-state index contributed by atoms with van der Waals surface area (Å²) in [7, 11) is 1.84. The Morgan fingerprint density at radius 2 is 2.14 bits per heavy atom. The van der Waals surface area contributed by atoms with Gasteiger partial charge in [0.1, 0.15) is 11.6 Å². The van der Waals surface area contributed by atoms with Crippen molar-refractivity contribution in [1.29, 1.82) is 0 Å². The second kappa shape index (κ2) is 5.48. The predicted molar refractivity (Wildman–Crippen MR) is 79.0 cm³/mol. The van der Waals surface area contributed by atoms with Gasteiger partial charge in [0.2, 0.25) is 5.88 Å². The van der Waals surface area contributed by atoms with Crippen LogP contribution in [0.25, 0.3) is 0 Å². The maximum absolute atomic E-state index is 13.6. The molecule has 0 aliphatic heterocycles. The van der Waals surface area contributed by atoms with Crippen molar-refractivity contribution in [2.45, 2.75) is 39.3 Å². The fourth-order valence-electron chi connectivity index (χ4n) is 2.29. The van der Waals surface area contributed by atoms with E-state index in [-0.39, 0.29) is 5.82 Å². The lowest BCUT2D eigenvalue weighted by Crippen LogP contribution is -2.16. The second-order valence-corrected chi connectivity index (χ2v) is 5.66. The molecule has 0 unspecified atom stereocenters. The molecule has 1 aliphatic carbocycles. The van der Waals surface area contributed by atoms with Crippen LogP contribution in [0.2, 0.25) is 0 Å². The molecule has 1 saturated carbocycles. The van der Waals surface area contributed by atoms with E-state index in [0.717, 1.165) is 17.8 Å². The van der Waals surface area contributed by atoms with E-state index in [1.54, 1.807) is 23.7 Å². The molecule has 1 N–H and O–H groups in total. The van der Waals surface area contributed by atoms with Crippen molar-refractivity contribution in [3.63, 3.8) is 0 Å². The number of hydrogen-bond donors (Lipinski definition) is 1. The highest BCUT2D eigenvalue weighted by Crippen LogP contribution is 2.29. The van der Waals surface area contributed by atoms with Gasteiger partial charge in [-0.1, -0.05) is 6.07 Å². The highest BCUT2D eigenvalue weighted by Gasteiger charge is 2.23. The van der Waals surface area contributed by atoms with Crippen molar-refractivity contribution >= 4 is 0 Å². The van der Waals surface area contributed by atoms with E-state index in [2.05, 4.69) is 10.4 Å². The Morgan fingerprint density at radius 1 is 1.38 bits per heavy atom. The average molecular weight is 289 g/mol. The van der Waals surface area contributed by atoms with Gasteiger partial charge in [-0.15, -0.1) is 0 Å². The zero-order valence-corrected chi connectivity index (χ0v) is 12.6. The van der Waals surface area contributed by atoms with Gasteiger partial charge in [-0.05, 0) is 38.3 Å². The third-order valence-electron chi connectivity index (χ3n) is 3.79. The lowest BCUT2D eigenvalue weighted by molar-refractivity contribution is 0.420. The van der Waals surface area contributed by atoms with Crippen molar-refractivity contribution < 1.29 is 9.13 Å². The second-order valence-electron chi connectivity index (χ2n) is 5.66. The van der Waals surface area contributed by atoms with Gasteiger partial charge in [0, 0.05) is 25.7 Å². The summed E-state index contributed by atoms with van der Waals surface area (Å²) < 4.78 is 21.2. The molecule has 0 bridgehead atoms. The van der Waals surface area contributed by atoms with Crippen molar-refractivity contribution in [2.75, 3.05) is 0 Å². The van der Waals surface area contributed by atoms with E-state index >= 15 is 0 Å². The lowest BCUT2D eigenvalue weighted by Gasteiger charge is -2.10. The molecule has 112 valence electrons. The molecular weight excluding hydrogens is 269 g/mol. The molecule has 0 radical (unpaired) electrons. The van der Waals surface area contributed by atoms with E-state index < -0.39 is 0 Å². The van der Waals surface area contributed by atoms with Crippen LogP contribution in [-0.2, 0) is 13.6 Å². The number of hydrogen-bond acceptors (Lipinski definition) is 3. The summed E-state index contributed by atoms with van der Waals surface area (Å²) in [6, 6.07) is 5.53. The largest absolute Gasteiger partial charge is 0.439 e. The minimum Gasteiger partial charge on any atom is -0.439 e. The van der Waals surface area contributed by atoms with Crippen LogP contribution in [-0.4, -0.2) is 15.8 Å². The molecule has 0 saturated heterocycles. The van der Waals surface area contributed by atoms with Gasteiger partial charge >= 0.3 is 0 Å². The molecule has 2 aromatic rings. The molecule has 0 amide bonds.